The number of fused-ring (bicyclic) bond motifs is 3. The summed E-state index contributed by atoms with van der Waals surface area (Å²) in [6, 6.07) is 7.22. The molecule has 7 nitrogen and oxygen atoms in total. The summed E-state index contributed by atoms with van der Waals surface area (Å²) in [5.74, 6) is -0.836. The molecule has 1 saturated heterocycles. The number of aromatic carboxylic acids is 1. The van der Waals surface area contributed by atoms with E-state index < -0.39 is 21.8 Å². The van der Waals surface area contributed by atoms with Gasteiger partial charge in [0, 0.05) is 12.0 Å². The average Bonchev–Trinajstić information content (AvgIpc) is 3.45. The maximum absolute atomic E-state index is 14.1. The van der Waals surface area contributed by atoms with Crippen LogP contribution in [0.25, 0.3) is 0 Å². The summed E-state index contributed by atoms with van der Waals surface area (Å²) in [4.78, 5) is 14.4. The van der Waals surface area contributed by atoms with Gasteiger partial charge in [0.05, 0.1) is 17.2 Å². The molecular weight excluding hydrogens is 459 g/mol. The first-order valence-corrected chi connectivity index (χ1v) is 13.3. The number of ether oxygens (including phenoxy) is 1. The van der Waals surface area contributed by atoms with E-state index >= 15 is 0 Å². The second kappa shape index (κ2) is 8.85. The molecule has 2 fully saturated rings. The number of carboxylic acid groups (broad SMARTS) is 1. The first-order valence-electron chi connectivity index (χ1n) is 11.9. The molecule has 1 unspecified atom stereocenters. The van der Waals surface area contributed by atoms with E-state index in [1.807, 2.05) is 0 Å². The predicted octanol–water partition coefficient (Wildman–Crippen LogP) is 4.24. The number of hydrogen-bond acceptors (Lipinski definition) is 5. The number of halogens is 1. The van der Waals surface area contributed by atoms with Crippen LogP contribution in [-0.2, 0) is 16.4 Å². The minimum absolute atomic E-state index is 0.0350. The fraction of sp³-hybridized carbons (Fsp3) is 0.480. The number of anilines is 1. The van der Waals surface area contributed by atoms with Crippen LogP contribution in [0.15, 0.2) is 35.2 Å². The predicted molar refractivity (Wildman–Crippen MR) is 126 cm³/mol. The molecule has 2 aliphatic heterocycles. The van der Waals surface area contributed by atoms with Crippen molar-refractivity contribution in [3.63, 3.8) is 0 Å². The highest BCUT2D eigenvalue weighted by atomic mass is 32.2. The van der Waals surface area contributed by atoms with Crippen LogP contribution in [-0.4, -0.2) is 50.1 Å². The molecule has 2 N–H and O–H groups in total. The fourth-order valence-electron chi connectivity index (χ4n) is 5.51. The maximum atomic E-state index is 14.1. The summed E-state index contributed by atoms with van der Waals surface area (Å²) in [7, 11) is -4.16. The lowest BCUT2D eigenvalue weighted by Crippen LogP contribution is -2.29. The van der Waals surface area contributed by atoms with Crippen molar-refractivity contribution >= 4 is 21.7 Å². The van der Waals surface area contributed by atoms with Crippen molar-refractivity contribution in [3.05, 3.63) is 52.8 Å². The molecule has 5 rings (SSSR count). The monoisotopic (exact) mass is 488 g/mol. The first-order chi connectivity index (χ1) is 16.3. The highest BCUT2D eigenvalue weighted by Gasteiger charge is 2.45. The van der Waals surface area contributed by atoms with Crippen molar-refractivity contribution in [3.8, 4) is 5.75 Å². The number of carboxylic acids is 1. The molecule has 34 heavy (non-hydrogen) atoms. The van der Waals surface area contributed by atoms with Gasteiger partial charge in [0.25, 0.3) is 10.0 Å². The number of likely N-dealkylation sites (tertiary alicyclic amines) is 1. The number of nitrogens with zero attached hydrogens (tertiary/aromatic N) is 1. The van der Waals surface area contributed by atoms with Crippen LogP contribution in [0, 0.1) is 11.7 Å². The fourth-order valence-corrected chi connectivity index (χ4v) is 6.84. The van der Waals surface area contributed by atoms with E-state index in [2.05, 4.69) is 16.5 Å². The quantitative estimate of drug-likeness (QED) is 0.577. The summed E-state index contributed by atoms with van der Waals surface area (Å²) < 4.78 is 49.0. The molecule has 0 aromatic heterocycles. The second-order valence-corrected chi connectivity index (χ2v) is 11.1. The van der Waals surface area contributed by atoms with Gasteiger partial charge in [0.15, 0.2) is 0 Å². The van der Waals surface area contributed by atoms with Crippen LogP contribution in [0.2, 0.25) is 0 Å². The van der Waals surface area contributed by atoms with Crippen molar-refractivity contribution < 1.29 is 27.4 Å². The molecule has 2 heterocycles. The molecule has 3 atom stereocenters. The molecule has 1 saturated carbocycles. The van der Waals surface area contributed by atoms with Gasteiger partial charge in [0.2, 0.25) is 0 Å². The zero-order valence-electron chi connectivity index (χ0n) is 19.1. The Balaban J connectivity index is 1.44. The smallest absolute Gasteiger partial charge is 0.341 e. The molecule has 0 radical (unpaired) electrons. The van der Waals surface area contributed by atoms with E-state index in [1.54, 1.807) is 6.07 Å². The Morgan fingerprint density at radius 1 is 1.29 bits per heavy atom. The average molecular weight is 489 g/mol. The molecule has 2 aromatic carbocycles. The molecule has 0 bridgehead atoms. The number of hydrogen-bond donors (Lipinski definition) is 2. The van der Waals surface area contributed by atoms with Gasteiger partial charge >= 0.3 is 5.97 Å². The minimum Gasteiger partial charge on any atom is -0.492 e. The van der Waals surface area contributed by atoms with E-state index in [4.69, 9.17) is 4.74 Å². The van der Waals surface area contributed by atoms with Crippen LogP contribution in [0.4, 0.5) is 10.1 Å². The van der Waals surface area contributed by atoms with Crippen LogP contribution >= 0.6 is 0 Å². The standard InChI is InChI=1S/C25H29FN2O5S/c1-2-28-11-3-4-18(28)7-5-15-12-17(26)6-10-22(15)34(31,32)27-21-9-8-19-20-13-16(20)14-33-24(19)23(21)25(29)30/h6,8-10,12,16,18,20,27H,2-5,7,11,13-14H2,1H3,(H,29,30)/t16-,18?,20-/m0/s1. The Morgan fingerprint density at radius 2 is 2.12 bits per heavy atom. The van der Waals surface area contributed by atoms with Crippen molar-refractivity contribution in [2.24, 2.45) is 5.92 Å². The number of benzene rings is 2. The Hall–Kier alpha value is -2.65. The maximum Gasteiger partial charge on any atom is 0.341 e. The second-order valence-electron chi connectivity index (χ2n) is 9.45. The molecular formula is C25H29FN2O5S. The number of carbonyl (C=O) groups is 1. The Bertz CT molecular complexity index is 1230. The zero-order chi connectivity index (χ0) is 24.0. The van der Waals surface area contributed by atoms with E-state index in [0.717, 1.165) is 50.4 Å². The molecule has 182 valence electrons. The van der Waals surface area contributed by atoms with E-state index in [0.29, 0.717) is 30.6 Å². The number of nitrogens with one attached hydrogen (secondary N) is 1. The Kier molecular flexibility index (Phi) is 6.02. The third-order valence-corrected chi connectivity index (χ3v) is 8.84. The van der Waals surface area contributed by atoms with E-state index in [-0.39, 0.29) is 27.8 Å². The van der Waals surface area contributed by atoms with Gasteiger partial charge in [-0.3, -0.25) is 4.72 Å². The van der Waals surface area contributed by atoms with Gasteiger partial charge in [0.1, 0.15) is 17.1 Å². The largest absolute Gasteiger partial charge is 0.492 e. The third-order valence-electron chi connectivity index (χ3n) is 7.37. The first kappa shape index (κ1) is 23.1. The van der Waals surface area contributed by atoms with E-state index in [1.165, 1.54) is 18.2 Å². The van der Waals surface area contributed by atoms with Gasteiger partial charge in [-0.2, -0.15) is 0 Å². The number of aryl methyl sites for hydroxylation is 1. The van der Waals surface area contributed by atoms with Crippen molar-refractivity contribution in [1.82, 2.24) is 4.90 Å². The van der Waals surface area contributed by atoms with Gasteiger partial charge in [-0.25, -0.2) is 17.6 Å². The molecule has 3 aliphatic rings. The highest BCUT2D eigenvalue weighted by Crippen LogP contribution is 2.55. The van der Waals surface area contributed by atoms with E-state index in [9.17, 15) is 22.7 Å². The topological polar surface area (TPSA) is 95.9 Å². The van der Waals surface area contributed by atoms with Crippen LogP contribution in [0.5, 0.6) is 5.75 Å². The van der Waals surface area contributed by atoms with Gasteiger partial charge < -0.3 is 14.7 Å². The van der Waals surface area contributed by atoms with Gasteiger partial charge in [-0.1, -0.05) is 13.0 Å². The molecule has 2 aromatic rings. The van der Waals surface area contributed by atoms with Crippen LogP contribution in [0.3, 0.4) is 0 Å². The molecule has 1 aliphatic carbocycles. The summed E-state index contributed by atoms with van der Waals surface area (Å²) in [5.41, 5.74) is 0.978. The third kappa shape index (κ3) is 4.27. The zero-order valence-corrected chi connectivity index (χ0v) is 19.9. The molecule has 0 spiro atoms. The normalized spacial score (nSPS) is 23.6. The lowest BCUT2D eigenvalue weighted by Gasteiger charge is -2.23. The summed E-state index contributed by atoms with van der Waals surface area (Å²) in [5, 5.41) is 9.86. The van der Waals surface area contributed by atoms with Gasteiger partial charge in [-0.15, -0.1) is 0 Å². The summed E-state index contributed by atoms with van der Waals surface area (Å²) in [6.07, 6.45) is 4.25. The summed E-state index contributed by atoms with van der Waals surface area (Å²) in [6.45, 7) is 4.50. The van der Waals surface area contributed by atoms with Crippen molar-refractivity contribution in [2.45, 2.75) is 55.9 Å². The lowest BCUT2D eigenvalue weighted by atomic mass is 10.0. The Labute approximate surface area is 199 Å². The highest BCUT2D eigenvalue weighted by molar-refractivity contribution is 7.92. The van der Waals surface area contributed by atoms with Crippen molar-refractivity contribution in [1.29, 1.82) is 0 Å². The lowest BCUT2D eigenvalue weighted by molar-refractivity contribution is 0.0692. The summed E-state index contributed by atoms with van der Waals surface area (Å²) >= 11 is 0. The SMILES string of the molecule is CCN1CCCC1CCc1cc(F)ccc1S(=O)(=O)Nc1ccc2c(c1C(=O)O)OC[C@@H]1C[C@H]21. The number of rotatable bonds is 8. The van der Waals surface area contributed by atoms with Gasteiger partial charge in [-0.05, 0) is 86.5 Å². The molecule has 0 amide bonds. The van der Waals surface area contributed by atoms with Crippen LogP contribution in [0.1, 0.15) is 60.0 Å². The Morgan fingerprint density at radius 3 is 2.88 bits per heavy atom. The van der Waals surface area contributed by atoms with Crippen LogP contribution < -0.4 is 9.46 Å². The minimum atomic E-state index is -4.16. The van der Waals surface area contributed by atoms with Crippen molar-refractivity contribution in [2.75, 3.05) is 24.4 Å². The number of sulfonamides is 1. The molecule has 9 heteroatoms.